The fourth-order valence-electron chi connectivity index (χ4n) is 2.48. The molecule has 0 fully saturated rings. The Morgan fingerprint density at radius 1 is 0.958 bits per heavy atom. The molecule has 0 bridgehead atoms. The van der Waals surface area contributed by atoms with Gasteiger partial charge in [-0.1, -0.05) is 18.2 Å². The normalized spacial score (nSPS) is 14.9. The summed E-state index contributed by atoms with van der Waals surface area (Å²) in [5, 5.41) is 0. The molecule has 0 aliphatic carbocycles. The van der Waals surface area contributed by atoms with E-state index >= 15 is 0 Å². The highest BCUT2D eigenvalue weighted by molar-refractivity contribution is 9.13. The number of cyclic esters (lactones) is 1. The molecule has 3 rings (SSSR count). The molecule has 1 aliphatic rings. The number of hydrogen-bond acceptors (Lipinski definition) is 4. The van der Waals surface area contributed by atoms with Gasteiger partial charge in [-0.15, -0.1) is 0 Å². The predicted octanol–water partition coefficient (Wildman–Crippen LogP) is 4.08. The Bertz CT molecular complexity index is 961. The molecule has 0 spiro atoms. The molecule has 1 heterocycles. The molecule has 2 aromatic carbocycles. The van der Waals surface area contributed by atoms with Crippen molar-refractivity contribution in [1.82, 2.24) is 0 Å². The minimum atomic E-state index is -3.26. The predicted molar refractivity (Wildman–Crippen MR) is 99.2 cm³/mol. The first kappa shape index (κ1) is 17.4. The molecule has 0 amide bonds. The average molecular weight is 472 g/mol. The summed E-state index contributed by atoms with van der Waals surface area (Å²) in [4.78, 5) is 12.4. The second-order valence-corrected chi connectivity index (χ2v) is 9.08. The summed E-state index contributed by atoms with van der Waals surface area (Å²) < 4.78 is 30.1. The summed E-state index contributed by atoms with van der Waals surface area (Å²) in [6.07, 6.45) is 1.16. The molecule has 2 aromatic rings. The quantitative estimate of drug-likeness (QED) is 0.632. The van der Waals surface area contributed by atoms with E-state index in [9.17, 15) is 13.2 Å². The second-order valence-electron chi connectivity index (χ2n) is 5.36. The molecule has 4 nitrogen and oxygen atoms in total. The van der Waals surface area contributed by atoms with Crippen LogP contribution in [0.25, 0.3) is 11.1 Å². The van der Waals surface area contributed by atoms with E-state index in [0.29, 0.717) is 5.57 Å². The third-order valence-corrected chi connectivity index (χ3v) is 6.70. The number of benzene rings is 2. The maximum absolute atomic E-state index is 12.2. The molecule has 0 unspecified atom stereocenters. The number of esters is 1. The largest absolute Gasteiger partial charge is 0.457 e. The van der Waals surface area contributed by atoms with Gasteiger partial charge in [0.25, 0.3) is 0 Å². The summed E-state index contributed by atoms with van der Waals surface area (Å²) in [7, 11) is -3.26. The molecule has 0 atom stereocenters. The summed E-state index contributed by atoms with van der Waals surface area (Å²) in [6, 6.07) is 12.0. The van der Waals surface area contributed by atoms with Crippen molar-refractivity contribution >= 4 is 58.8 Å². The van der Waals surface area contributed by atoms with E-state index in [0.717, 1.165) is 31.9 Å². The Labute approximate surface area is 156 Å². The molecule has 0 saturated heterocycles. The monoisotopic (exact) mass is 470 g/mol. The zero-order valence-electron chi connectivity index (χ0n) is 12.5. The molecular weight excluding hydrogens is 460 g/mol. The van der Waals surface area contributed by atoms with Crippen LogP contribution in [0.5, 0.6) is 0 Å². The number of carbonyl (C=O) groups excluding carboxylic acids is 1. The molecule has 1 aliphatic heterocycles. The van der Waals surface area contributed by atoms with Gasteiger partial charge in [-0.2, -0.15) is 0 Å². The van der Waals surface area contributed by atoms with Gasteiger partial charge in [-0.05, 0) is 67.3 Å². The standard InChI is InChI=1S/C17H12Br2O4S/c1-24(21,22)12-5-2-10(3-6-12)13-9-23-17(20)16(13)11-4-7-14(18)15(19)8-11/h2-8H,9H2,1H3. The van der Waals surface area contributed by atoms with Crippen LogP contribution in [0.15, 0.2) is 56.3 Å². The van der Waals surface area contributed by atoms with Crippen LogP contribution in [-0.2, 0) is 19.4 Å². The van der Waals surface area contributed by atoms with E-state index in [4.69, 9.17) is 4.74 Å². The third kappa shape index (κ3) is 3.34. The van der Waals surface area contributed by atoms with Crippen LogP contribution in [0, 0.1) is 0 Å². The van der Waals surface area contributed by atoms with Gasteiger partial charge in [0.05, 0.1) is 10.5 Å². The zero-order valence-corrected chi connectivity index (χ0v) is 16.5. The highest BCUT2D eigenvalue weighted by Gasteiger charge is 2.27. The van der Waals surface area contributed by atoms with E-state index in [2.05, 4.69) is 31.9 Å². The third-order valence-electron chi connectivity index (χ3n) is 3.69. The maximum atomic E-state index is 12.2. The summed E-state index contributed by atoms with van der Waals surface area (Å²) in [5.74, 6) is -0.383. The first-order valence-corrected chi connectivity index (χ1v) is 10.4. The van der Waals surface area contributed by atoms with E-state index in [1.807, 2.05) is 18.2 Å². The average Bonchev–Trinajstić information content (AvgIpc) is 2.91. The smallest absolute Gasteiger partial charge is 0.339 e. The van der Waals surface area contributed by atoms with Gasteiger partial charge in [-0.25, -0.2) is 13.2 Å². The summed E-state index contributed by atoms with van der Waals surface area (Å²) in [5.41, 5.74) is 2.75. The Balaban J connectivity index is 2.11. The lowest BCUT2D eigenvalue weighted by molar-refractivity contribution is -0.133. The van der Waals surface area contributed by atoms with Crippen LogP contribution in [0.4, 0.5) is 0 Å². The lowest BCUT2D eigenvalue weighted by Crippen LogP contribution is -1.99. The van der Waals surface area contributed by atoms with Crippen LogP contribution < -0.4 is 0 Å². The van der Waals surface area contributed by atoms with Crippen molar-refractivity contribution < 1.29 is 17.9 Å². The van der Waals surface area contributed by atoms with E-state index in [1.165, 1.54) is 12.1 Å². The molecule has 24 heavy (non-hydrogen) atoms. The van der Waals surface area contributed by atoms with Crippen molar-refractivity contribution in [3.8, 4) is 0 Å². The topological polar surface area (TPSA) is 60.4 Å². The minimum Gasteiger partial charge on any atom is -0.457 e. The lowest BCUT2D eigenvalue weighted by atomic mass is 9.97. The van der Waals surface area contributed by atoms with E-state index in [-0.39, 0.29) is 17.5 Å². The van der Waals surface area contributed by atoms with Crippen LogP contribution in [0.2, 0.25) is 0 Å². The zero-order chi connectivity index (χ0) is 17.5. The van der Waals surface area contributed by atoms with Crippen molar-refractivity contribution in [2.24, 2.45) is 0 Å². The van der Waals surface area contributed by atoms with Gasteiger partial charge in [-0.3, -0.25) is 0 Å². The van der Waals surface area contributed by atoms with Crippen LogP contribution in [0.1, 0.15) is 11.1 Å². The molecule has 0 saturated carbocycles. The van der Waals surface area contributed by atoms with Gasteiger partial charge >= 0.3 is 5.97 Å². The number of sulfone groups is 1. The number of hydrogen-bond donors (Lipinski definition) is 0. The van der Waals surface area contributed by atoms with Crippen molar-refractivity contribution in [2.45, 2.75) is 4.90 Å². The highest BCUT2D eigenvalue weighted by Crippen LogP contribution is 2.35. The summed E-state index contributed by atoms with van der Waals surface area (Å²) >= 11 is 6.84. The van der Waals surface area contributed by atoms with Crippen molar-refractivity contribution in [3.05, 3.63) is 62.5 Å². The van der Waals surface area contributed by atoms with Crippen LogP contribution >= 0.6 is 31.9 Å². The summed E-state index contributed by atoms with van der Waals surface area (Å²) in [6.45, 7) is 0.167. The molecule has 0 aromatic heterocycles. The molecule has 0 N–H and O–H groups in total. The van der Waals surface area contributed by atoms with Crippen molar-refractivity contribution in [2.75, 3.05) is 12.9 Å². The van der Waals surface area contributed by atoms with Gasteiger partial charge < -0.3 is 4.74 Å². The maximum Gasteiger partial charge on any atom is 0.339 e. The van der Waals surface area contributed by atoms with Crippen molar-refractivity contribution in [3.63, 3.8) is 0 Å². The minimum absolute atomic E-state index is 0.167. The molecule has 0 radical (unpaired) electrons. The molecule has 7 heteroatoms. The second kappa shape index (κ2) is 6.46. The lowest BCUT2D eigenvalue weighted by Gasteiger charge is -2.07. The van der Waals surface area contributed by atoms with Gasteiger partial charge in [0.2, 0.25) is 0 Å². The Morgan fingerprint density at radius 2 is 1.58 bits per heavy atom. The van der Waals surface area contributed by atoms with Gasteiger partial charge in [0, 0.05) is 20.8 Å². The Morgan fingerprint density at radius 3 is 2.17 bits per heavy atom. The first-order valence-electron chi connectivity index (χ1n) is 6.93. The molecule has 124 valence electrons. The van der Waals surface area contributed by atoms with Crippen molar-refractivity contribution in [1.29, 1.82) is 0 Å². The SMILES string of the molecule is CS(=O)(=O)c1ccc(C2=C(c3ccc(Br)c(Br)c3)C(=O)OC2)cc1. The van der Waals surface area contributed by atoms with E-state index in [1.54, 1.807) is 12.1 Å². The van der Waals surface area contributed by atoms with Gasteiger partial charge in [0.1, 0.15) is 6.61 Å². The fourth-order valence-corrected chi connectivity index (χ4v) is 3.74. The molecular formula is C17H12Br2O4S. The van der Waals surface area contributed by atoms with Crippen LogP contribution in [0.3, 0.4) is 0 Å². The Kier molecular flexibility index (Phi) is 4.68. The van der Waals surface area contributed by atoms with Crippen LogP contribution in [-0.4, -0.2) is 27.2 Å². The highest BCUT2D eigenvalue weighted by atomic mass is 79.9. The number of halogens is 2. The number of carbonyl (C=O) groups is 1. The number of ether oxygens (including phenoxy) is 1. The number of rotatable bonds is 3. The fraction of sp³-hybridized carbons (Fsp3) is 0.118. The van der Waals surface area contributed by atoms with E-state index < -0.39 is 9.84 Å². The van der Waals surface area contributed by atoms with Gasteiger partial charge in [0.15, 0.2) is 9.84 Å². The first-order chi connectivity index (χ1) is 11.3. The Hall–Kier alpha value is -1.44.